The molecule has 1 saturated heterocycles. The fourth-order valence-corrected chi connectivity index (χ4v) is 9.75. The normalized spacial score (nSPS) is 25.4. The molecule has 2 fully saturated rings. The first kappa shape index (κ1) is 45.7. The van der Waals surface area contributed by atoms with E-state index in [9.17, 15) is 24.2 Å². The van der Waals surface area contributed by atoms with Gasteiger partial charge < -0.3 is 44.1 Å². The Morgan fingerprint density at radius 3 is 2.49 bits per heavy atom. The van der Waals surface area contributed by atoms with E-state index in [1.165, 1.54) is 19.2 Å². The van der Waals surface area contributed by atoms with Gasteiger partial charge in [0, 0.05) is 50.6 Å². The summed E-state index contributed by atoms with van der Waals surface area (Å²) in [6.07, 6.45) is 8.93. The number of allylic oxidation sites excluding steroid dienone is 1. The Balaban J connectivity index is 1.40. The Kier molecular flexibility index (Phi) is 15.9. The number of halogens is 1. The smallest absolute Gasteiger partial charge is 0.412 e. The van der Waals surface area contributed by atoms with Crippen LogP contribution in [0.5, 0.6) is 11.5 Å². The summed E-state index contributed by atoms with van der Waals surface area (Å²) < 4.78 is 45.8. The summed E-state index contributed by atoms with van der Waals surface area (Å²) in [5.41, 5.74) is 3.80. The maximum Gasteiger partial charge on any atom is 0.412 e. The summed E-state index contributed by atoms with van der Waals surface area (Å²) >= 11 is 0. The molecule has 4 aliphatic rings. The number of fused-ring (bicyclic) bond motifs is 2. The SMILES string of the molecule is C=CCOC12Oc3ccc(OC(=O)NCc4ccccc4)cc3C3C(CCCCO)C(CCCCO)C=C(C(=NOC4CCCCO4)CC1N(Cc1ccc(F)cc1)C(=O)OC)C32. The lowest BCUT2D eigenvalue weighted by Gasteiger charge is -2.59. The fraction of sp³-hybridized carbons (Fsp3) is 0.490. The molecule has 0 spiro atoms. The van der Waals surface area contributed by atoms with Crippen LogP contribution in [0.4, 0.5) is 14.0 Å². The molecule has 0 radical (unpaired) electrons. The fourth-order valence-electron chi connectivity index (χ4n) is 9.75. The molecule has 63 heavy (non-hydrogen) atoms. The number of nitrogens with zero attached hydrogens (tertiary/aromatic N) is 2. The Labute approximate surface area is 368 Å². The molecule has 13 nitrogen and oxygen atoms in total. The van der Waals surface area contributed by atoms with E-state index in [1.54, 1.807) is 35.2 Å². The second-order valence-corrected chi connectivity index (χ2v) is 16.6. The first-order valence-corrected chi connectivity index (χ1v) is 22.2. The maximum absolute atomic E-state index is 14.2. The van der Waals surface area contributed by atoms with E-state index in [1.807, 2.05) is 36.4 Å². The summed E-state index contributed by atoms with van der Waals surface area (Å²) in [5, 5.41) is 27.6. The number of nitrogens with one attached hydrogen (secondary N) is 1. The summed E-state index contributed by atoms with van der Waals surface area (Å²) in [4.78, 5) is 35.2. The molecule has 3 aromatic carbocycles. The molecule has 2 amide bonds. The first-order valence-electron chi connectivity index (χ1n) is 22.2. The lowest BCUT2D eigenvalue weighted by molar-refractivity contribution is -0.256. The Hall–Kier alpha value is -5.28. The Morgan fingerprint density at radius 2 is 1.78 bits per heavy atom. The second-order valence-electron chi connectivity index (χ2n) is 16.6. The number of rotatable bonds is 19. The van der Waals surface area contributed by atoms with E-state index in [-0.39, 0.29) is 57.1 Å². The van der Waals surface area contributed by atoms with Crippen LogP contribution in [0.3, 0.4) is 0 Å². The zero-order valence-electron chi connectivity index (χ0n) is 36.0. The van der Waals surface area contributed by atoms with Gasteiger partial charge in [-0.3, -0.25) is 4.90 Å². The van der Waals surface area contributed by atoms with Gasteiger partial charge in [-0.1, -0.05) is 72.6 Å². The molecule has 338 valence electrons. The van der Waals surface area contributed by atoms with Gasteiger partial charge in [0.1, 0.15) is 23.4 Å². The second kappa shape index (κ2) is 21.9. The molecule has 7 atom stereocenters. The van der Waals surface area contributed by atoms with E-state index < -0.39 is 42.0 Å². The van der Waals surface area contributed by atoms with Crippen LogP contribution in [0.1, 0.15) is 86.8 Å². The molecule has 0 aromatic heterocycles. The molecule has 2 heterocycles. The number of unbranched alkanes of at least 4 members (excludes halogenated alkanes) is 2. The third-order valence-electron chi connectivity index (χ3n) is 12.6. The van der Waals surface area contributed by atoms with Crippen molar-refractivity contribution in [3.8, 4) is 11.5 Å². The van der Waals surface area contributed by atoms with Gasteiger partial charge in [-0.25, -0.2) is 14.0 Å². The van der Waals surface area contributed by atoms with Crippen LogP contribution in [0.15, 0.2) is 102 Å². The highest BCUT2D eigenvalue weighted by molar-refractivity contribution is 6.03. The summed E-state index contributed by atoms with van der Waals surface area (Å²) in [6.45, 7) is 5.01. The zero-order valence-corrected chi connectivity index (χ0v) is 36.0. The monoisotopic (exact) mass is 869 g/mol. The van der Waals surface area contributed by atoms with E-state index in [2.05, 4.69) is 18.0 Å². The van der Waals surface area contributed by atoms with E-state index >= 15 is 0 Å². The molecule has 7 rings (SSSR count). The van der Waals surface area contributed by atoms with Crippen molar-refractivity contribution >= 4 is 17.9 Å². The molecule has 2 aliphatic carbocycles. The van der Waals surface area contributed by atoms with Gasteiger partial charge in [0.25, 0.3) is 0 Å². The largest absolute Gasteiger partial charge is 0.459 e. The van der Waals surface area contributed by atoms with Crippen molar-refractivity contribution < 1.29 is 52.7 Å². The van der Waals surface area contributed by atoms with E-state index in [0.29, 0.717) is 48.6 Å². The van der Waals surface area contributed by atoms with Crippen LogP contribution in [0.2, 0.25) is 0 Å². The maximum atomic E-state index is 14.2. The minimum Gasteiger partial charge on any atom is -0.459 e. The molecular formula is C49H60FN3O10. The summed E-state index contributed by atoms with van der Waals surface area (Å²) in [6, 6.07) is 19.9. The van der Waals surface area contributed by atoms with Crippen LogP contribution in [-0.2, 0) is 32.1 Å². The number of hydrogen-bond donors (Lipinski definition) is 3. The summed E-state index contributed by atoms with van der Waals surface area (Å²) in [5.74, 6) is -2.23. The van der Waals surface area contributed by atoms with Crippen molar-refractivity contribution in [2.24, 2.45) is 22.9 Å². The number of methoxy groups -OCH3 is 1. The third-order valence-corrected chi connectivity index (χ3v) is 12.6. The number of aliphatic hydroxyl groups excluding tert-OH is 2. The predicted molar refractivity (Wildman–Crippen MR) is 233 cm³/mol. The van der Waals surface area contributed by atoms with Crippen molar-refractivity contribution in [1.29, 1.82) is 0 Å². The topological polar surface area (TPSA) is 158 Å². The predicted octanol–water partition coefficient (Wildman–Crippen LogP) is 8.54. The van der Waals surface area contributed by atoms with Crippen molar-refractivity contribution in [3.05, 3.63) is 120 Å². The highest BCUT2D eigenvalue weighted by Crippen LogP contribution is 2.62. The molecule has 3 N–H and O–H groups in total. The number of ether oxygens (including phenoxy) is 5. The van der Waals surface area contributed by atoms with Gasteiger partial charge >= 0.3 is 12.2 Å². The number of aliphatic hydroxyl groups is 2. The van der Waals surface area contributed by atoms with Crippen molar-refractivity contribution in [2.45, 2.75) is 101 Å². The third kappa shape index (κ3) is 10.7. The van der Waals surface area contributed by atoms with Crippen molar-refractivity contribution in [3.63, 3.8) is 0 Å². The molecule has 3 aromatic rings. The van der Waals surface area contributed by atoms with Crippen LogP contribution in [-0.4, -0.2) is 84.7 Å². The van der Waals surface area contributed by atoms with Gasteiger partial charge in [0.15, 0.2) is 0 Å². The minimum absolute atomic E-state index is 0.0168. The number of hydrogen-bond acceptors (Lipinski definition) is 11. The number of benzene rings is 3. The van der Waals surface area contributed by atoms with Gasteiger partial charge in [0.05, 0.1) is 32.0 Å². The van der Waals surface area contributed by atoms with E-state index in [4.69, 9.17) is 33.7 Å². The van der Waals surface area contributed by atoms with Crippen molar-refractivity contribution in [2.75, 3.05) is 33.5 Å². The molecule has 14 heteroatoms. The molecular weight excluding hydrogens is 810 g/mol. The highest BCUT2D eigenvalue weighted by Gasteiger charge is 2.65. The van der Waals surface area contributed by atoms with Gasteiger partial charge in [-0.05, 0) is 97.4 Å². The lowest BCUT2D eigenvalue weighted by Crippen LogP contribution is -2.70. The summed E-state index contributed by atoms with van der Waals surface area (Å²) in [7, 11) is 1.32. The quantitative estimate of drug-likeness (QED) is 0.0606. The average molecular weight is 870 g/mol. The molecule has 1 saturated carbocycles. The average Bonchev–Trinajstić information content (AvgIpc) is 3.31. The van der Waals surface area contributed by atoms with Crippen molar-refractivity contribution in [1.82, 2.24) is 10.2 Å². The van der Waals surface area contributed by atoms with Gasteiger partial charge in [0.2, 0.25) is 12.1 Å². The number of oxime groups is 1. The van der Waals surface area contributed by atoms with Gasteiger partial charge in [-0.2, -0.15) is 0 Å². The Bertz CT molecular complexity index is 2060. The number of amides is 2. The van der Waals surface area contributed by atoms with Gasteiger partial charge in [-0.15, -0.1) is 6.58 Å². The molecule has 0 bridgehead atoms. The standard InChI is InChI=1S/C49H60FN3O10/c1-3-26-60-49-43(53(48(57)58-2)32-34-18-20-36(50)21-19-34)30-41(52-63-44-17-9-12-27-59-44)39-28-35(15-7-10-24-54)38(16-8-11-25-55)45(46(39)49)40-29-37(22-23-42(40)62-49)61-47(56)51-31-33-13-5-4-6-14-33/h3-6,13-14,18-23,28-29,35,38,43-46,54-55H,1,7-12,15-17,24-27,30-32H2,2H3,(H,51,56). The first-order chi connectivity index (χ1) is 30.8. The molecule has 7 unspecified atom stereocenters. The Morgan fingerprint density at radius 1 is 1.00 bits per heavy atom. The minimum atomic E-state index is -1.56. The van der Waals surface area contributed by atoms with E-state index in [0.717, 1.165) is 55.2 Å². The van der Waals surface area contributed by atoms with Crippen LogP contribution >= 0.6 is 0 Å². The lowest BCUT2D eigenvalue weighted by atomic mass is 9.55. The number of carbonyl (C=O) groups excluding carboxylic acids is 2. The molecule has 2 aliphatic heterocycles. The van der Waals surface area contributed by atoms with Crippen LogP contribution < -0.4 is 14.8 Å². The highest BCUT2D eigenvalue weighted by atomic mass is 19.1. The number of carbonyl (C=O) groups is 2. The van der Waals surface area contributed by atoms with Crippen LogP contribution in [0.25, 0.3) is 0 Å². The zero-order chi connectivity index (χ0) is 44.2. The van der Waals surface area contributed by atoms with Crippen LogP contribution in [0, 0.1) is 23.6 Å².